The largest absolute Gasteiger partial charge is 0.369 e. The molecule has 0 saturated carbocycles. The van der Waals surface area contributed by atoms with Gasteiger partial charge in [-0.1, -0.05) is 0 Å². The number of hydrogen-bond acceptors (Lipinski definition) is 4. The standard InChI is InChI=1S/C16H20N4O2/c1-3-22-11(2)16(21)17-13-8-6-12(7-9-13)15-19-18-14-5-4-10-20(14)15/h6-9,11H,3-5,10H2,1-2H3,(H,17,21). The predicted octanol–water partition coefficient (Wildman–Crippen LogP) is 2.25. The number of ether oxygens (including phenoxy) is 1. The highest BCUT2D eigenvalue weighted by atomic mass is 16.5. The molecule has 0 fully saturated rings. The number of aromatic nitrogens is 3. The van der Waals surface area contributed by atoms with E-state index in [1.165, 1.54) is 0 Å². The number of amides is 1. The van der Waals surface area contributed by atoms with E-state index in [1.54, 1.807) is 6.92 Å². The van der Waals surface area contributed by atoms with E-state index in [2.05, 4.69) is 20.1 Å². The molecule has 22 heavy (non-hydrogen) atoms. The summed E-state index contributed by atoms with van der Waals surface area (Å²) in [5.74, 6) is 1.81. The van der Waals surface area contributed by atoms with Crippen LogP contribution in [0.2, 0.25) is 0 Å². The number of hydrogen-bond donors (Lipinski definition) is 1. The molecule has 0 saturated heterocycles. The van der Waals surface area contributed by atoms with Gasteiger partial charge in [-0.3, -0.25) is 4.79 Å². The molecule has 2 aromatic rings. The molecule has 1 atom stereocenters. The van der Waals surface area contributed by atoms with Crippen molar-refractivity contribution >= 4 is 11.6 Å². The van der Waals surface area contributed by atoms with Gasteiger partial charge in [-0.15, -0.1) is 10.2 Å². The van der Waals surface area contributed by atoms with Gasteiger partial charge in [0.1, 0.15) is 11.9 Å². The zero-order valence-corrected chi connectivity index (χ0v) is 12.9. The summed E-state index contributed by atoms with van der Waals surface area (Å²) in [6.07, 6.45) is 1.67. The van der Waals surface area contributed by atoms with E-state index in [-0.39, 0.29) is 5.91 Å². The molecule has 1 aromatic heterocycles. The van der Waals surface area contributed by atoms with Crippen molar-refractivity contribution in [3.63, 3.8) is 0 Å². The summed E-state index contributed by atoms with van der Waals surface area (Å²) >= 11 is 0. The fraction of sp³-hybridized carbons (Fsp3) is 0.438. The van der Waals surface area contributed by atoms with Gasteiger partial charge >= 0.3 is 0 Å². The SMILES string of the molecule is CCOC(C)C(=O)Nc1ccc(-c2nnc3n2CCC3)cc1. The summed E-state index contributed by atoms with van der Waals surface area (Å²) in [5, 5.41) is 11.3. The lowest BCUT2D eigenvalue weighted by atomic mass is 10.2. The quantitative estimate of drug-likeness (QED) is 0.919. The second kappa shape index (κ2) is 6.27. The van der Waals surface area contributed by atoms with Gasteiger partial charge in [-0.2, -0.15) is 0 Å². The maximum Gasteiger partial charge on any atom is 0.253 e. The van der Waals surface area contributed by atoms with Crippen molar-refractivity contribution < 1.29 is 9.53 Å². The van der Waals surface area contributed by atoms with Gasteiger partial charge in [0.2, 0.25) is 0 Å². The van der Waals surface area contributed by atoms with Gasteiger partial charge in [0.25, 0.3) is 5.91 Å². The van der Waals surface area contributed by atoms with E-state index in [1.807, 2.05) is 31.2 Å². The number of carbonyl (C=O) groups excluding carboxylic acids is 1. The smallest absolute Gasteiger partial charge is 0.253 e. The first-order valence-corrected chi connectivity index (χ1v) is 7.64. The van der Waals surface area contributed by atoms with Crippen LogP contribution >= 0.6 is 0 Å². The van der Waals surface area contributed by atoms with Gasteiger partial charge in [-0.25, -0.2) is 0 Å². The van der Waals surface area contributed by atoms with Gasteiger partial charge in [0.15, 0.2) is 5.82 Å². The minimum absolute atomic E-state index is 0.141. The van der Waals surface area contributed by atoms with Crippen molar-refractivity contribution in [2.24, 2.45) is 0 Å². The molecule has 3 rings (SSSR count). The van der Waals surface area contributed by atoms with Crippen LogP contribution in [0.3, 0.4) is 0 Å². The Bertz CT molecular complexity index is 663. The highest BCUT2D eigenvalue weighted by molar-refractivity contribution is 5.94. The average molecular weight is 300 g/mol. The molecule has 0 radical (unpaired) electrons. The molecule has 1 aliphatic rings. The molecule has 1 aromatic carbocycles. The lowest BCUT2D eigenvalue weighted by molar-refractivity contribution is -0.126. The molecule has 6 heteroatoms. The maximum absolute atomic E-state index is 11.9. The minimum Gasteiger partial charge on any atom is -0.369 e. The monoisotopic (exact) mass is 300 g/mol. The summed E-state index contributed by atoms with van der Waals surface area (Å²) in [6, 6.07) is 7.66. The van der Waals surface area contributed by atoms with Crippen LogP contribution in [-0.4, -0.2) is 33.4 Å². The molecule has 1 amide bonds. The first kappa shape index (κ1) is 14.7. The zero-order chi connectivity index (χ0) is 15.5. The van der Waals surface area contributed by atoms with Crippen molar-refractivity contribution in [2.75, 3.05) is 11.9 Å². The summed E-state index contributed by atoms with van der Waals surface area (Å²) in [4.78, 5) is 11.9. The van der Waals surface area contributed by atoms with E-state index in [9.17, 15) is 4.79 Å². The molecule has 0 aliphatic carbocycles. The molecular weight excluding hydrogens is 280 g/mol. The van der Waals surface area contributed by atoms with Gasteiger partial charge in [0, 0.05) is 30.8 Å². The molecule has 1 N–H and O–H groups in total. The van der Waals surface area contributed by atoms with Crippen LogP contribution in [0.1, 0.15) is 26.1 Å². The Morgan fingerprint density at radius 1 is 1.36 bits per heavy atom. The fourth-order valence-electron chi connectivity index (χ4n) is 2.64. The van der Waals surface area contributed by atoms with Crippen LogP contribution in [0.25, 0.3) is 11.4 Å². The first-order valence-electron chi connectivity index (χ1n) is 7.64. The lowest BCUT2D eigenvalue weighted by Crippen LogP contribution is -2.27. The number of rotatable bonds is 5. The molecular formula is C16H20N4O2. The number of nitrogens with one attached hydrogen (secondary N) is 1. The Hall–Kier alpha value is -2.21. The van der Waals surface area contributed by atoms with Crippen LogP contribution in [0.5, 0.6) is 0 Å². The van der Waals surface area contributed by atoms with Crippen LogP contribution < -0.4 is 5.32 Å². The molecule has 0 bridgehead atoms. The predicted molar refractivity (Wildman–Crippen MR) is 83.5 cm³/mol. The number of aryl methyl sites for hydroxylation is 1. The van der Waals surface area contributed by atoms with Crippen molar-refractivity contribution in [3.05, 3.63) is 30.1 Å². The number of fused-ring (bicyclic) bond motifs is 1. The number of anilines is 1. The Kier molecular flexibility index (Phi) is 4.20. The van der Waals surface area contributed by atoms with Crippen LogP contribution in [0, 0.1) is 0 Å². The van der Waals surface area contributed by atoms with Gasteiger partial charge in [0.05, 0.1) is 0 Å². The van der Waals surface area contributed by atoms with Crippen LogP contribution in [-0.2, 0) is 22.5 Å². The lowest BCUT2D eigenvalue weighted by Gasteiger charge is -2.12. The van der Waals surface area contributed by atoms with E-state index < -0.39 is 6.10 Å². The van der Waals surface area contributed by atoms with E-state index in [0.29, 0.717) is 6.61 Å². The Morgan fingerprint density at radius 3 is 2.86 bits per heavy atom. The third-order valence-electron chi connectivity index (χ3n) is 3.81. The first-order chi connectivity index (χ1) is 10.7. The van der Waals surface area contributed by atoms with E-state index in [4.69, 9.17) is 4.74 Å². The van der Waals surface area contributed by atoms with Gasteiger partial charge in [-0.05, 0) is 44.5 Å². The normalized spacial score (nSPS) is 14.6. The Labute approximate surface area is 129 Å². The summed E-state index contributed by atoms with van der Waals surface area (Å²) in [5.41, 5.74) is 1.76. The minimum atomic E-state index is -0.454. The van der Waals surface area contributed by atoms with Crippen LogP contribution in [0.4, 0.5) is 5.69 Å². The van der Waals surface area contributed by atoms with Gasteiger partial charge < -0.3 is 14.6 Å². The fourth-order valence-corrected chi connectivity index (χ4v) is 2.64. The summed E-state index contributed by atoms with van der Waals surface area (Å²) in [6.45, 7) is 5.11. The second-order valence-corrected chi connectivity index (χ2v) is 5.36. The Morgan fingerprint density at radius 2 is 2.14 bits per heavy atom. The van der Waals surface area contributed by atoms with Crippen LogP contribution in [0.15, 0.2) is 24.3 Å². The average Bonchev–Trinajstić information content (AvgIpc) is 3.11. The molecule has 2 heterocycles. The van der Waals surface area contributed by atoms with Crippen molar-refractivity contribution in [3.8, 4) is 11.4 Å². The van der Waals surface area contributed by atoms with Crippen molar-refractivity contribution in [1.82, 2.24) is 14.8 Å². The van der Waals surface area contributed by atoms with Crippen molar-refractivity contribution in [2.45, 2.75) is 39.3 Å². The third-order valence-corrected chi connectivity index (χ3v) is 3.81. The topological polar surface area (TPSA) is 69.0 Å². The molecule has 6 nitrogen and oxygen atoms in total. The Balaban J connectivity index is 1.71. The molecule has 1 aliphatic heterocycles. The third kappa shape index (κ3) is 2.87. The summed E-state index contributed by atoms with van der Waals surface area (Å²) in [7, 11) is 0. The second-order valence-electron chi connectivity index (χ2n) is 5.36. The zero-order valence-electron chi connectivity index (χ0n) is 12.9. The number of carbonyl (C=O) groups is 1. The highest BCUT2D eigenvalue weighted by Gasteiger charge is 2.18. The molecule has 1 unspecified atom stereocenters. The highest BCUT2D eigenvalue weighted by Crippen LogP contribution is 2.24. The van der Waals surface area contributed by atoms with E-state index >= 15 is 0 Å². The number of nitrogens with zero attached hydrogens (tertiary/aromatic N) is 3. The maximum atomic E-state index is 11.9. The molecule has 116 valence electrons. The number of benzene rings is 1. The van der Waals surface area contributed by atoms with E-state index in [0.717, 1.165) is 42.3 Å². The van der Waals surface area contributed by atoms with Crippen molar-refractivity contribution in [1.29, 1.82) is 0 Å². The molecule has 0 spiro atoms. The summed E-state index contributed by atoms with van der Waals surface area (Å²) < 4.78 is 7.43.